The van der Waals surface area contributed by atoms with E-state index in [2.05, 4.69) is 37.4 Å². The molecule has 124 valence electrons. The molecule has 0 unspecified atom stereocenters. The molecule has 1 N–H and O–H groups in total. The molecule has 0 saturated carbocycles. The molecular weight excluding hydrogens is 300 g/mol. The first-order chi connectivity index (χ1) is 11.4. The topological polar surface area (TPSA) is 49.4 Å². The minimum absolute atomic E-state index is 0.00493. The van der Waals surface area contributed by atoms with Crippen LogP contribution < -0.4 is 5.32 Å². The molecule has 0 aliphatic carbocycles. The summed E-state index contributed by atoms with van der Waals surface area (Å²) >= 11 is 0. The van der Waals surface area contributed by atoms with Crippen molar-refractivity contribution in [3.05, 3.63) is 64.2 Å². The van der Waals surface area contributed by atoms with E-state index in [0.29, 0.717) is 24.9 Å². The average molecular weight is 322 g/mol. The number of nitrogens with one attached hydrogen (secondary N) is 1. The molecule has 4 nitrogen and oxygen atoms in total. The maximum absolute atomic E-state index is 12.7. The molecule has 4 heteroatoms. The predicted octanol–water partition coefficient (Wildman–Crippen LogP) is 3.46. The Hall–Kier alpha value is -2.62. The molecule has 0 aromatic heterocycles. The van der Waals surface area contributed by atoms with Gasteiger partial charge in [-0.05, 0) is 55.2 Å². The number of rotatable bonds is 3. The molecule has 0 spiro atoms. The van der Waals surface area contributed by atoms with Crippen LogP contribution >= 0.6 is 0 Å². The molecule has 0 saturated heterocycles. The zero-order chi connectivity index (χ0) is 17.3. The van der Waals surface area contributed by atoms with E-state index in [1.165, 1.54) is 11.1 Å². The van der Waals surface area contributed by atoms with Crippen LogP contribution in [0.15, 0.2) is 36.4 Å². The maximum atomic E-state index is 12.7. The summed E-state index contributed by atoms with van der Waals surface area (Å²) in [5, 5.41) is 2.84. The average Bonchev–Trinajstić information content (AvgIpc) is 2.56. The third-order valence-electron chi connectivity index (χ3n) is 4.50. The van der Waals surface area contributed by atoms with Crippen LogP contribution in [-0.4, -0.2) is 23.8 Å². The summed E-state index contributed by atoms with van der Waals surface area (Å²) in [4.78, 5) is 25.9. The molecule has 3 rings (SSSR count). The van der Waals surface area contributed by atoms with Crippen molar-refractivity contribution in [2.24, 2.45) is 0 Å². The van der Waals surface area contributed by atoms with Gasteiger partial charge >= 0.3 is 0 Å². The van der Waals surface area contributed by atoms with E-state index in [0.717, 1.165) is 16.8 Å². The van der Waals surface area contributed by atoms with Crippen LogP contribution in [0.5, 0.6) is 0 Å². The molecule has 0 bridgehead atoms. The number of hydrogen-bond acceptors (Lipinski definition) is 2. The van der Waals surface area contributed by atoms with E-state index in [-0.39, 0.29) is 11.8 Å². The molecule has 0 atom stereocenters. The second-order valence-electron chi connectivity index (χ2n) is 6.51. The lowest BCUT2D eigenvalue weighted by molar-refractivity contribution is -0.116. The summed E-state index contributed by atoms with van der Waals surface area (Å²) in [6.07, 6.45) is 1.16. The van der Waals surface area contributed by atoms with Gasteiger partial charge in [0.1, 0.15) is 0 Å². The SMILES string of the molecule is Cc1ccc(CN(C)C(=O)c2ccc3c(c2)CCC(=O)N3)c(C)c1. The van der Waals surface area contributed by atoms with Crippen LogP contribution in [0, 0.1) is 13.8 Å². The lowest BCUT2D eigenvalue weighted by Gasteiger charge is -2.21. The molecule has 2 amide bonds. The third-order valence-corrected chi connectivity index (χ3v) is 4.50. The number of hydrogen-bond donors (Lipinski definition) is 1. The normalized spacial score (nSPS) is 13.2. The Kier molecular flexibility index (Phi) is 4.38. The van der Waals surface area contributed by atoms with Gasteiger partial charge in [0, 0.05) is 31.3 Å². The summed E-state index contributed by atoms with van der Waals surface area (Å²) in [7, 11) is 1.82. The lowest BCUT2D eigenvalue weighted by atomic mass is 9.99. The second-order valence-corrected chi connectivity index (χ2v) is 6.51. The fourth-order valence-electron chi connectivity index (χ4n) is 3.09. The van der Waals surface area contributed by atoms with Gasteiger partial charge < -0.3 is 10.2 Å². The van der Waals surface area contributed by atoms with E-state index >= 15 is 0 Å². The number of nitrogens with zero attached hydrogens (tertiary/aromatic N) is 1. The number of carbonyl (C=O) groups excluding carboxylic acids is 2. The van der Waals surface area contributed by atoms with Crippen molar-refractivity contribution in [3.8, 4) is 0 Å². The molecule has 1 aliphatic heterocycles. The Balaban J connectivity index is 1.77. The second kappa shape index (κ2) is 6.48. The van der Waals surface area contributed by atoms with Gasteiger partial charge in [-0.1, -0.05) is 23.8 Å². The number of aryl methyl sites for hydroxylation is 3. The Morgan fingerprint density at radius 3 is 2.67 bits per heavy atom. The van der Waals surface area contributed by atoms with Gasteiger partial charge in [0.05, 0.1) is 0 Å². The number of benzene rings is 2. The fourth-order valence-corrected chi connectivity index (χ4v) is 3.09. The first-order valence-electron chi connectivity index (χ1n) is 8.18. The van der Waals surface area contributed by atoms with Crippen molar-refractivity contribution >= 4 is 17.5 Å². The van der Waals surface area contributed by atoms with Crippen molar-refractivity contribution < 1.29 is 9.59 Å². The van der Waals surface area contributed by atoms with Crippen LogP contribution in [0.2, 0.25) is 0 Å². The van der Waals surface area contributed by atoms with Crippen molar-refractivity contribution in [1.82, 2.24) is 4.90 Å². The molecule has 0 radical (unpaired) electrons. The van der Waals surface area contributed by atoms with Gasteiger partial charge in [-0.15, -0.1) is 0 Å². The fraction of sp³-hybridized carbons (Fsp3) is 0.300. The molecule has 2 aromatic carbocycles. The maximum Gasteiger partial charge on any atom is 0.253 e. The lowest BCUT2D eigenvalue weighted by Crippen LogP contribution is -2.27. The summed E-state index contributed by atoms with van der Waals surface area (Å²) < 4.78 is 0. The molecule has 24 heavy (non-hydrogen) atoms. The summed E-state index contributed by atoms with van der Waals surface area (Å²) in [5.74, 6) is 0.0308. The van der Waals surface area contributed by atoms with Crippen LogP contribution in [0.1, 0.15) is 39.0 Å². The molecular formula is C20H22N2O2. The zero-order valence-corrected chi connectivity index (χ0v) is 14.3. The molecule has 1 heterocycles. The van der Waals surface area contributed by atoms with E-state index in [1.807, 2.05) is 19.2 Å². The third kappa shape index (κ3) is 3.32. The smallest absolute Gasteiger partial charge is 0.253 e. The van der Waals surface area contributed by atoms with Gasteiger partial charge in [-0.25, -0.2) is 0 Å². The first kappa shape index (κ1) is 16.2. The van der Waals surface area contributed by atoms with E-state index < -0.39 is 0 Å². The van der Waals surface area contributed by atoms with Gasteiger partial charge in [0.2, 0.25) is 5.91 Å². The Morgan fingerprint density at radius 2 is 1.92 bits per heavy atom. The van der Waals surface area contributed by atoms with E-state index in [4.69, 9.17) is 0 Å². The van der Waals surface area contributed by atoms with Gasteiger partial charge in [-0.2, -0.15) is 0 Å². The summed E-state index contributed by atoms with van der Waals surface area (Å²) in [5.41, 5.74) is 6.09. The summed E-state index contributed by atoms with van der Waals surface area (Å²) in [6.45, 7) is 4.72. The van der Waals surface area contributed by atoms with Gasteiger partial charge in [0.25, 0.3) is 5.91 Å². The van der Waals surface area contributed by atoms with Crippen LogP contribution in [-0.2, 0) is 17.8 Å². The van der Waals surface area contributed by atoms with E-state index in [9.17, 15) is 9.59 Å². The number of fused-ring (bicyclic) bond motifs is 1. The highest BCUT2D eigenvalue weighted by atomic mass is 16.2. The highest BCUT2D eigenvalue weighted by Crippen LogP contribution is 2.24. The zero-order valence-electron chi connectivity index (χ0n) is 14.3. The van der Waals surface area contributed by atoms with E-state index in [1.54, 1.807) is 11.0 Å². The number of anilines is 1. The van der Waals surface area contributed by atoms with Crippen molar-refractivity contribution in [2.45, 2.75) is 33.2 Å². The minimum Gasteiger partial charge on any atom is -0.337 e. The highest BCUT2D eigenvalue weighted by Gasteiger charge is 2.18. The molecule has 2 aromatic rings. The van der Waals surface area contributed by atoms with Crippen LogP contribution in [0.3, 0.4) is 0 Å². The van der Waals surface area contributed by atoms with Gasteiger partial charge in [-0.3, -0.25) is 9.59 Å². The molecule has 0 fully saturated rings. The Labute approximate surface area is 142 Å². The number of amides is 2. The molecule has 1 aliphatic rings. The van der Waals surface area contributed by atoms with Gasteiger partial charge in [0.15, 0.2) is 0 Å². The quantitative estimate of drug-likeness (QED) is 0.941. The minimum atomic E-state index is -0.00493. The number of carbonyl (C=O) groups is 2. The van der Waals surface area contributed by atoms with Crippen molar-refractivity contribution in [3.63, 3.8) is 0 Å². The first-order valence-corrected chi connectivity index (χ1v) is 8.18. The highest BCUT2D eigenvalue weighted by molar-refractivity contribution is 5.97. The van der Waals surface area contributed by atoms with Crippen molar-refractivity contribution in [1.29, 1.82) is 0 Å². The van der Waals surface area contributed by atoms with Crippen LogP contribution in [0.4, 0.5) is 5.69 Å². The Bertz CT molecular complexity index is 811. The summed E-state index contributed by atoms with van der Waals surface area (Å²) in [6, 6.07) is 11.8. The van der Waals surface area contributed by atoms with Crippen LogP contribution in [0.25, 0.3) is 0 Å². The monoisotopic (exact) mass is 322 g/mol. The predicted molar refractivity (Wildman–Crippen MR) is 95.1 cm³/mol. The van der Waals surface area contributed by atoms with Crippen molar-refractivity contribution in [2.75, 3.05) is 12.4 Å². The largest absolute Gasteiger partial charge is 0.337 e. The standard InChI is InChI=1S/C20H22N2O2/c1-13-4-5-17(14(2)10-13)12-22(3)20(24)16-6-8-18-15(11-16)7-9-19(23)21-18/h4-6,8,10-11H,7,9,12H2,1-3H3,(H,21,23). The Morgan fingerprint density at radius 1 is 1.12 bits per heavy atom.